The van der Waals surface area contributed by atoms with Crippen LogP contribution >= 0.6 is 0 Å². The van der Waals surface area contributed by atoms with E-state index in [1.807, 2.05) is 50.2 Å². The van der Waals surface area contributed by atoms with Gasteiger partial charge in [-0.25, -0.2) is 0 Å². The van der Waals surface area contributed by atoms with Gasteiger partial charge in [0.05, 0.1) is 33.9 Å². The van der Waals surface area contributed by atoms with Crippen LogP contribution in [0.3, 0.4) is 0 Å². The van der Waals surface area contributed by atoms with E-state index in [1.54, 1.807) is 21.3 Å². The van der Waals surface area contributed by atoms with Gasteiger partial charge in [0.1, 0.15) is 17.1 Å². The number of benzene rings is 2. The molecule has 1 N–H and O–H groups in total. The average Bonchev–Trinajstić information content (AvgIpc) is 3.40. The van der Waals surface area contributed by atoms with Gasteiger partial charge in [-0.1, -0.05) is 5.16 Å². The van der Waals surface area contributed by atoms with Crippen LogP contribution in [-0.4, -0.2) is 61.0 Å². The van der Waals surface area contributed by atoms with E-state index in [-0.39, 0.29) is 23.5 Å². The van der Waals surface area contributed by atoms with Gasteiger partial charge < -0.3 is 28.8 Å². The highest BCUT2D eigenvalue weighted by atomic mass is 16.5. The topological polar surface area (TPSA) is 108 Å². The van der Waals surface area contributed by atoms with Crippen molar-refractivity contribution in [1.29, 1.82) is 0 Å². The normalized spacial score (nSPS) is 19.1. The second-order valence-electron chi connectivity index (χ2n) is 10.7. The van der Waals surface area contributed by atoms with Crippen molar-refractivity contribution in [2.45, 2.75) is 51.3 Å². The zero-order valence-corrected chi connectivity index (χ0v) is 23.2. The highest BCUT2D eigenvalue weighted by Gasteiger charge is 2.36. The summed E-state index contributed by atoms with van der Waals surface area (Å²) in [7, 11) is 4.82. The number of aromatic nitrogens is 2. The van der Waals surface area contributed by atoms with Crippen molar-refractivity contribution in [3.05, 3.63) is 47.9 Å². The van der Waals surface area contributed by atoms with Gasteiger partial charge in [-0.15, -0.1) is 0 Å². The van der Waals surface area contributed by atoms with Crippen LogP contribution in [0.4, 0.5) is 0 Å². The molecule has 10 heteroatoms. The second-order valence-corrected chi connectivity index (χ2v) is 10.7. The maximum atomic E-state index is 13.3. The van der Waals surface area contributed by atoms with E-state index in [1.165, 1.54) is 0 Å². The first kappa shape index (κ1) is 26.8. The van der Waals surface area contributed by atoms with Gasteiger partial charge in [0.2, 0.25) is 17.6 Å². The molecule has 0 aliphatic carbocycles. The van der Waals surface area contributed by atoms with Crippen LogP contribution in [0.5, 0.6) is 23.0 Å². The fourth-order valence-corrected chi connectivity index (χ4v) is 5.33. The smallest absolute Gasteiger partial charge is 0.241 e. The van der Waals surface area contributed by atoms with E-state index in [4.69, 9.17) is 23.5 Å². The quantitative estimate of drug-likeness (QED) is 0.448. The molecule has 0 saturated carbocycles. The number of ether oxygens (including phenoxy) is 4. The van der Waals surface area contributed by atoms with E-state index in [9.17, 15) is 4.79 Å². The van der Waals surface area contributed by atoms with Gasteiger partial charge >= 0.3 is 0 Å². The van der Waals surface area contributed by atoms with Crippen molar-refractivity contribution in [1.82, 2.24) is 20.4 Å². The predicted molar refractivity (Wildman–Crippen MR) is 144 cm³/mol. The summed E-state index contributed by atoms with van der Waals surface area (Å²) in [5.41, 5.74) is 1.39. The number of nitrogens with zero attached hydrogens (tertiary/aromatic N) is 3. The maximum absolute atomic E-state index is 13.3. The van der Waals surface area contributed by atoms with Crippen LogP contribution in [0.15, 0.2) is 40.9 Å². The Hall–Kier alpha value is -3.79. The Balaban J connectivity index is 1.17. The van der Waals surface area contributed by atoms with E-state index >= 15 is 0 Å². The molecular formula is C29H36N4O6. The molecule has 2 aliphatic rings. The van der Waals surface area contributed by atoms with Crippen molar-refractivity contribution in [2.75, 3.05) is 34.4 Å². The zero-order valence-electron chi connectivity index (χ0n) is 23.2. The first-order valence-electron chi connectivity index (χ1n) is 13.2. The summed E-state index contributed by atoms with van der Waals surface area (Å²) in [4.78, 5) is 20.1. The summed E-state index contributed by atoms with van der Waals surface area (Å²) < 4.78 is 27.7. The van der Waals surface area contributed by atoms with Crippen LogP contribution in [0.25, 0.3) is 11.4 Å². The lowest BCUT2D eigenvalue weighted by atomic mass is 9.88. The van der Waals surface area contributed by atoms with Crippen LogP contribution in [0.2, 0.25) is 0 Å². The summed E-state index contributed by atoms with van der Waals surface area (Å²) in [6.07, 6.45) is 2.24. The Labute approximate surface area is 228 Å². The Morgan fingerprint density at radius 2 is 1.82 bits per heavy atom. The number of hydrogen-bond acceptors (Lipinski definition) is 9. The van der Waals surface area contributed by atoms with Crippen molar-refractivity contribution < 1.29 is 28.3 Å². The van der Waals surface area contributed by atoms with E-state index in [2.05, 4.69) is 20.4 Å². The lowest BCUT2D eigenvalue weighted by Crippen LogP contribution is -2.45. The zero-order chi connectivity index (χ0) is 27.6. The second kappa shape index (κ2) is 11.1. The number of carbonyl (C=O) groups is 1. The Kier molecular flexibility index (Phi) is 7.65. The first-order chi connectivity index (χ1) is 18.8. The lowest BCUT2D eigenvalue weighted by molar-refractivity contribution is -0.127. The fourth-order valence-electron chi connectivity index (χ4n) is 5.33. The highest BCUT2D eigenvalue weighted by Crippen LogP contribution is 2.41. The molecule has 208 valence electrons. The molecular weight excluding hydrogens is 500 g/mol. The van der Waals surface area contributed by atoms with Gasteiger partial charge in [-0.3, -0.25) is 9.69 Å². The van der Waals surface area contributed by atoms with Crippen molar-refractivity contribution >= 4 is 5.91 Å². The van der Waals surface area contributed by atoms with Gasteiger partial charge in [0.25, 0.3) is 0 Å². The molecule has 2 aliphatic heterocycles. The van der Waals surface area contributed by atoms with Crippen LogP contribution in [-0.2, 0) is 11.3 Å². The number of fused-ring (bicyclic) bond motifs is 1. The van der Waals surface area contributed by atoms with E-state index < -0.39 is 0 Å². The van der Waals surface area contributed by atoms with Crippen LogP contribution in [0.1, 0.15) is 50.6 Å². The van der Waals surface area contributed by atoms with Gasteiger partial charge in [0.15, 0.2) is 11.5 Å². The monoisotopic (exact) mass is 536 g/mol. The summed E-state index contributed by atoms with van der Waals surface area (Å²) in [5, 5.41) is 7.44. The number of carbonyl (C=O) groups excluding carboxylic acids is 1. The number of piperidine rings is 1. The third-order valence-corrected chi connectivity index (χ3v) is 7.42. The Morgan fingerprint density at radius 1 is 1.05 bits per heavy atom. The van der Waals surface area contributed by atoms with Crippen LogP contribution in [0, 0.1) is 5.92 Å². The summed E-state index contributed by atoms with van der Waals surface area (Å²) in [5.74, 6) is 3.83. The summed E-state index contributed by atoms with van der Waals surface area (Å²) in [6.45, 7) is 6.18. The summed E-state index contributed by atoms with van der Waals surface area (Å²) in [6, 6.07) is 11.2. The number of nitrogens with one attached hydrogen (secondary N) is 1. The molecule has 10 nitrogen and oxygen atoms in total. The maximum Gasteiger partial charge on any atom is 0.241 e. The van der Waals surface area contributed by atoms with Crippen molar-refractivity contribution in [2.24, 2.45) is 5.92 Å². The van der Waals surface area contributed by atoms with Gasteiger partial charge in [-0.05, 0) is 70.1 Å². The minimum atomic E-state index is -0.388. The predicted octanol–water partition coefficient (Wildman–Crippen LogP) is 4.39. The molecule has 0 radical (unpaired) electrons. The molecule has 1 fully saturated rings. The number of rotatable bonds is 8. The summed E-state index contributed by atoms with van der Waals surface area (Å²) >= 11 is 0. The third kappa shape index (κ3) is 5.95. The number of hydrogen-bond donors (Lipinski definition) is 1. The first-order valence-corrected chi connectivity index (χ1v) is 13.2. The molecule has 1 unspecified atom stereocenters. The molecule has 39 heavy (non-hydrogen) atoms. The van der Waals surface area contributed by atoms with Crippen LogP contribution < -0.4 is 24.3 Å². The largest absolute Gasteiger partial charge is 0.497 e. The Bertz CT molecular complexity index is 1310. The molecule has 2 aromatic carbocycles. The van der Waals surface area contributed by atoms with Gasteiger partial charge in [0, 0.05) is 29.5 Å². The van der Waals surface area contributed by atoms with Crippen molar-refractivity contribution in [3.8, 4) is 34.4 Å². The fraction of sp³-hybridized carbons (Fsp3) is 0.483. The molecule has 1 aromatic heterocycles. The van der Waals surface area contributed by atoms with Gasteiger partial charge in [-0.2, -0.15) is 4.98 Å². The molecule has 1 atom stereocenters. The van der Waals surface area contributed by atoms with Crippen molar-refractivity contribution in [3.63, 3.8) is 0 Å². The molecule has 0 spiro atoms. The Morgan fingerprint density at radius 3 is 2.54 bits per heavy atom. The molecule has 5 rings (SSSR count). The lowest BCUT2D eigenvalue weighted by Gasteiger charge is -2.39. The minimum Gasteiger partial charge on any atom is -0.497 e. The number of methoxy groups -OCH3 is 3. The molecule has 1 amide bonds. The standard InChI is InChI=1S/C29H36N4O6/c1-29(2)16-22(21-8-7-20(35-3)15-24(21)38-29)30-28(34)18-10-12-33(13-11-18)17-26-31-27(32-39-26)19-6-9-23(36-4)25(14-19)37-5/h6-9,14-15,18,22H,10-13,16-17H2,1-5H3,(H,30,34). The van der Waals surface area contributed by atoms with E-state index in [0.717, 1.165) is 48.6 Å². The number of amides is 1. The molecule has 0 bridgehead atoms. The molecule has 1 saturated heterocycles. The third-order valence-electron chi connectivity index (χ3n) is 7.42. The van der Waals surface area contributed by atoms with E-state index in [0.29, 0.717) is 36.2 Å². The average molecular weight is 537 g/mol. The highest BCUT2D eigenvalue weighted by molar-refractivity contribution is 5.79. The molecule has 3 aromatic rings. The molecule has 3 heterocycles. The minimum absolute atomic E-state index is 0.0427. The SMILES string of the molecule is COc1ccc2c(c1)OC(C)(C)CC2NC(=O)C1CCN(Cc2nc(-c3ccc(OC)c(OC)c3)no2)CC1. The number of likely N-dealkylation sites (tertiary alicyclic amines) is 1.